The topological polar surface area (TPSA) is 94.9 Å². The van der Waals surface area contributed by atoms with Gasteiger partial charge in [-0.3, -0.25) is 9.80 Å². The van der Waals surface area contributed by atoms with Gasteiger partial charge in [-0.05, 0) is 93.0 Å². The summed E-state index contributed by atoms with van der Waals surface area (Å²) in [5, 5.41) is 0.837. The molecule has 3 aliphatic rings. The molecule has 12 heteroatoms. The summed E-state index contributed by atoms with van der Waals surface area (Å²) in [7, 11) is 7.11. The van der Waals surface area contributed by atoms with Gasteiger partial charge in [0.25, 0.3) is 0 Å². The number of nitrogens with zero attached hydrogens (tertiary/aromatic N) is 3. The molecule has 0 saturated carbocycles. The fourth-order valence-electron chi connectivity index (χ4n) is 7.00. The predicted octanol–water partition coefficient (Wildman–Crippen LogP) is 7.26. The summed E-state index contributed by atoms with van der Waals surface area (Å²) in [6.07, 6.45) is 4.31. The van der Waals surface area contributed by atoms with Crippen molar-refractivity contribution in [3.05, 3.63) is 117 Å². The fraction of sp³-hybridized carbons (Fsp3) is 0.375. The Labute approximate surface area is 315 Å². The lowest BCUT2D eigenvalue weighted by atomic mass is 9.86. The molecule has 2 atom stereocenters. The van der Waals surface area contributed by atoms with E-state index in [1.807, 2.05) is 56.6 Å². The summed E-state index contributed by atoms with van der Waals surface area (Å²) in [5.74, 6) is 0.889. The van der Waals surface area contributed by atoms with Crippen LogP contribution in [-0.4, -0.2) is 75.9 Å². The summed E-state index contributed by atoms with van der Waals surface area (Å²) >= 11 is 13.0. The Morgan fingerprint density at radius 3 is 2.23 bits per heavy atom. The highest BCUT2D eigenvalue weighted by atomic mass is 35.5. The average Bonchev–Trinajstić information content (AvgIpc) is 3.15. The maximum atomic E-state index is 14.0. The summed E-state index contributed by atoms with van der Waals surface area (Å²) in [5.41, 5.74) is 4.29. The van der Waals surface area contributed by atoms with E-state index < -0.39 is 12.1 Å². The van der Waals surface area contributed by atoms with Gasteiger partial charge in [0.1, 0.15) is 22.3 Å². The molecule has 4 heterocycles. The van der Waals surface area contributed by atoms with Crippen molar-refractivity contribution in [1.82, 2.24) is 9.80 Å². The Balaban J connectivity index is 1.24. The van der Waals surface area contributed by atoms with Gasteiger partial charge < -0.3 is 23.8 Å². The zero-order valence-corrected chi connectivity index (χ0v) is 31.5. The number of carbonyl (C=O) groups excluding carboxylic acids is 2. The Hall–Kier alpha value is -4.35. The van der Waals surface area contributed by atoms with Crippen LogP contribution in [0.5, 0.6) is 11.5 Å². The molecule has 274 valence electrons. The highest BCUT2D eigenvalue weighted by molar-refractivity contribution is 6.35. The summed E-state index contributed by atoms with van der Waals surface area (Å²) in [4.78, 5) is 36.8. The van der Waals surface area contributed by atoms with E-state index in [1.165, 1.54) is 0 Å². The van der Waals surface area contributed by atoms with Crippen molar-refractivity contribution in [2.24, 2.45) is 5.92 Å². The minimum atomic E-state index is -0.755. The molecule has 0 unspecified atom stereocenters. The number of amides is 1. The van der Waals surface area contributed by atoms with E-state index in [-0.39, 0.29) is 25.2 Å². The number of hydrogen-bond donors (Lipinski definition) is 0. The largest absolute Gasteiger partial charge is 0.493 e. The van der Waals surface area contributed by atoms with E-state index in [2.05, 4.69) is 14.8 Å². The van der Waals surface area contributed by atoms with E-state index in [1.54, 1.807) is 55.8 Å². The number of rotatable bonds is 13. The van der Waals surface area contributed by atoms with E-state index in [0.717, 1.165) is 49.3 Å². The molecule has 3 aromatic carbocycles. The maximum absolute atomic E-state index is 14.0. The van der Waals surface area contributed by atoms with Crippen LogP contribution in [0.1, 0.15) is 51.6 Å². The van der Waals surface area contributed by atoms with Crippen molar-refractivity contribution in [1.29, 1.82) is 0 Å². The summed E-state index contributed by atoms with van der Waals surface area (Å²) in [6, 6.07) is 20.4. The van der Waals surface area contributed by atoms with Crippen LogP contribution in [0.25, 0.3) is 0 Å². The molecule has 0 aliphatic carbocycles. The molecular weight excluding hydrogens is 703 g/mol. The third-order valence-corrected chi connectivity index (χ3v) is 10.5. The maximum Gasteiger partial charge on any atom is 0.414 e. The van der Waals surface area contributed by atoms with E-state index in [9.17, 15) is 9.59 Å². The monoisotopic (exact) mass is 747 g/mol. The van der Waals surface area contributed by atoms with Gasteiger partial charge in [-0.15, -0.1) is 0 Å². The van der Waals surface area contributed by atoms with Crippen LogP contribution in [0.3, 0.4) is 0 Å². The molecule has 1 N–H and O–H groups in total. The van der Waals surface area contributed by atoms with Crippen LogP contribution in [0.2, 0.25) is 10.0 Å². The number of hydrogen-bond acceptors (Lipinski definition) is 8. The quantitative estimate of drug-likeness (QED) is 0.132. The van der Waals surface area contributed by atoms with Crippen molar-refractivity contribution in [2.75, 3.05) is 52.8 Å². The van der Waals surface area contributed by atoms with Crippen LogP contribution >= 0.6 is 23.2 Å². The number of nitrogens with one attached hydrogen (secondary N) is 1. The van der Waals surface area contributed by atoms with Crippen molar-refractivity contribution < 1.29 is 33.5 Å². The number of H-pyrrole nitrogens is 1. The fourth-order valence-corrected chi connectivity index (χ4v) is 7.53. The number of esters is 1. The lowest BCUT2D eigenvalue weighted by Gasteiger charge is -2.44. The number of aromatic amines is 1. The number of ether oxygens (including phenoxy) is 4. The Bertz CT molecular complexity index is 1850. The number of methoxy groups -OCH3 is 2. The first-order valence-corrected chi connectivity index (χ1v) is 18.2. The number of benzene rings is 3. The number of anilines is 1. The minimum Gasteiger partial charge on any atom is -0.493 e. The Kier molecular flexibility index (Phi) is 12.2. The molecule has 7 rings (SSSR count). The van der Waals surface area contributed by atoms with Gasteiger partial charge in [0.15, 0.2) is 23.9 Å². The number of piperidine rings is 3. The number of fused-ring (bicyclic) bond motifs is 3. The van der Waals surface area contributed by atoms with Gasteiger partial charge in [0.2, 0.25) is 0 Å². The van der Waals surface area contributed by atoms with Crippen molar-refractivity contribution in [3.63, 3.8) is 0 Å². The first kappa shape index (κ1) is 37.4. The average molecular weight is 749 g/mol. The normalized spacial score (nSPS) is 18.5. The molecule has 0 spiro atoms. The van der Waals surface area contributed by atoms with Crippen molar-refractivity contribution in [3.8, 4) is 11.5 Å². The van der Waals surface area contributed by atoms with Gasteiger partial charge in [-0.1, -0.05) is 59.6 Å². The van der Waals surface area contributed by atoms with Gasteiger partial charge in [0.05, 0.1) is 32.0 Å². The van der Waals surface area contributed by atoms with Crippen molar-refractivity contribution in [2.45, 2.75) is 44.6 Å². The minimum absolute atomic E-state index is 0.131. The second-order valence-electron chi connectivity index (χ2n) is 13.6. The van der Waals surface area contributed by atoms with Crippen molar-refractivity contribution >= 4 is 41.0 Å². The van der Waals surface area contributed by atoms with E-state index in [0.29, 0.717) is 50.7 Å². The standard InChI is InChI=1S/C40H44Cl2N4O6/c1-44(2)24-30-7-5-6-8-34(30)46(40(48)52-38-25-45-17-15-27(38)16-18-45)23-26-9-11-28(12-10-26)39(47)51-36(20-31-32(41)21-43-22-33(31)42)29-13-14-35(49-3)37(19-29)50-4/h5-14,19,21-22,27,36,38H,15-18,20,23-25H2,1-4H3/p+1/t36-,38-/m0/s1. The Morgan fingerprint density at radius 1 is 0.904 bits per heavy atom. The molecule has 1 aromatic heterocycles. The second kappa shape index (κ2) is 17.0. The zero-order chi connectivity index (χ0) is 36.8. The highest BCUT2D eigenvalue weighted by Crippen LogP contribution is 2.36. The summed E-state index contributed by atoms with van der Waals surface area (Å²) in [6.45, 7) is 3.81. The van der Waals surface area contributed by atoms with Gasteiger partial charge in [-0.2, -0.15) is 0 Å². The highest BCUT2D eigenvalue weighted by Gasteiger charge is 2.37. The zero-order valence-electron chi connectivity index (χ0n) is 29.9. The molecule has 3 saturated heterocycles. The van der Waals surface area contributed by atoms with Crippen LogP contribution in [0, 0.1) is 5.92 Å². The lowest BCUT2D eigenvalue weighted by Crippen LogP contribution is -2.53. The summed E-state index contributed by atoms with van der Waals surface area (Å²) < 4.78 is 23.3. The molecule has 2 bridgehead atoms. The third kappa shape index (κ3) is 8.81. The van der Waals surface area contributed by atoms with Crippen LogP contribution in [0.15, 0.2) is 79.1 Å². The molecule has 0 radical (unpaired) electrons. The van der Waals surface area contributed by atoms with Gasteiger partial charge >= 0.3 is 12.1 Å². The van der Waals surface area contributed by atoms with E-state index in [4.69, 9.17) is 42.1 Å². The SMILES string of the molecule is COc1ccc([C@H](Cc2c(Cl)c[nH+]cc2Cl)OC(=O)c2ccc(CN(C(=O)O[C@H]3CN4CCC3CC4)c3ccccc3CN(C)C)cc2)cc1OC. The molecule has 10 nitrogen and oxygen atoms in total. The Morgan fingerprint density at radius 2 is 1.60 bits per heavy atom. The van der Waals surface area contributed by atoms with Gasteiger partial charge in [-0.25, -0.2) is 14.6 Å². The molecule has 3 aliphatic heterocycles. The number of halogens is 2. The third-order valence-electron chi connectivity index (χ3n) is 9.78. The molecule has 3 fully saturated rings. The first-order chi connectivity index (χ1) is 25.1. The van der Waals surface area contributed by atoms with Crippen LogP contribution in [0.4, 0.5) is 10.5 Å². The smallest absolute Gasteiger partial charge is 0.414 e. The van der Waals surface area contributed by atoms with Crippen LogP contribution < -0.4 is 19.4 Å². The van der Waals surface area contributed by atoms with E-state index >= 15 is 0 Å². The molecule has 4 aromatic rings. The molecule has 1 amide bonds. The second-order valence-corrected chi connectivity index (χ2v) is 14.4. The molecular formula is C40H45Cl2N4O6+. The predicted molar refractivity (Wildman–Crippen MR) is 200 cm³/mol. The first-order valence-electron chi connectivity index (χ1n) is 17.4. The number of aromatic nitrogens is 1. The van der Waals surface area contributed by atoms with Crippen LogP contribution in [-0.2, 0) is 29.0 Å². The number of carbonyl (C=O) groups is 2. The number of pyridine rings is 1. The molecule has 52 heavy (non-hydrogen) atoms. The lowest BCUT2D eigenvalue weighted by molar-refractivity contribution is -0.377. The van der Waals surface area contributed by atoms with Gasteiger partial charge in [0, 0.05) is 25.1 Å². The number of para-hydroxylation sites is 1.